The van der Waals surface area contributed by atoms with Crippen LogP contribution in [-0.2, 0) is 11.3 Å². The maximum Gasteiger partial charge on any atom is 0.221 e. The second-order valence-electron chi connectivity index (χ2n) is 4.71. The van der Waals surface area contributed by atoms with Crippen molar-refractivity contribution in [3.8, 4) is 0 Å². The van der Waals surface area contributed by atoms with Gasteiger partial charge in [0.05, 0.1) is 5.92 Å². The van der Waals surface area contributed by atoms with Gasteiger partial charge in [0.2, 0.25) is 5.91 Å². The number of piperidine rings is 1. The molecule has 1 atom stereocenters. The molecule has 1 fully saturated rings. The first-order valence-electron chi connectivity index (χ1n) is 6.02. The third-order valence-corrected chi connectivity index (χ3v) is 4.06. The number of rotatable bonds is 3. The van der Waals surface area contributed by atoms with Crippen LogP contribution in [0.15, 0.2) is 22.7 Å². The number of hydrogen-bond acceptors (Lipinski definition) is 2. The van der Waals surface area contributed by atoms with Crippen LogP contribution in [0.25, 0.3) is 0 Å². The van der Waals surface area contributed by atoms with Crippen molar-refractivity contribution < 1.29 is 9.18 Å². The lowest BCUT2D eigenvalue weighted by Gasteiger charge is -2.31. The van der Waals surface area contributed by atoms with Crippen molar-refractivity contribution in [1.82, 2.24) is 4.90 Å². The summed E-state index contributed by atoms with van der Waals surface area (Å²) in [5.41, 5.74) is 6.38. The van der Waals surface area contributed by atoms with E-state index in [0.29, 0.717) is 13.1 Å². The van der Waals surface area contributed by atoms with Crippen LogP contribution >= 0.6 is 15.9 Å². The largest absolute Gasteiger partial charge is 0.369 e. The summed E-state index contributed by atoms with van der Waals surface area (Å²) < 4.78 is 13.8. The first-order chi connectivity index (χ1) is 8.56. The summed E-state index contributed by atoms with van der Waals surface area (Å²) in [7, 11) is 0. The Morgan fingerprint density at radius 3 is 3.00 bits per heavy atom. The van der Waals surface area contributed by atoms with Crippen LogP contribution in [0.2, 0.25) is 0 Å². The molecule has 0 radical (unpaired) electrons. The van der Waals surface area contributed by atoms with Crippen molar-refractivity contribution in [2.24, 2.45) is 11.7 Å². The fourth-order valence-corrected chi connectivity index (χ4v) is 2.80. The van der Waals surface area contributed by atoms with Gasteiger partial charge in [-0.25, -0.2) is 4.39 Å². The number of nitrogens with zero attached hydrogens (tertiary/aromatic N) is 1. The molecule has 1 aliphatic rings. The Morgan fingerprint density at radius 1 is 1.56 bits per heavy atom. The SMILES string of the molecule is NC(=O)C1CCCN(Cc2ccc(F)cc2Br)C1. The van der Waals surface area contributed by atoms with E-state index in [0.717, 1.165) is 29.4 Å². The highest BCUT2D eigenvalue weighted by Gasteiger charge is 2.24. The van der Waals surface area contributed by atoms with E-state index in [2.05, 4.69) is 20.8 Å². The van der Waals surface area contributed by atoms with E-state index < -0.39 is 0 Å². The molecule has 18 heavy (non-hydrogen) atoms. The minimum Gasteiger partial charge on any atom is -0.369 e. The zero-order valence-electron chi connectivity index (χ0n) is 10.0. The first-order valence-corrected chi connectivity index (χ1v) is 6.81. The Bertz CT molecular complexity index is 453. The van der Waals surface area contributed by atoms with Gasteiger partial charge in [0.15, 0.2) is 0 Å². The predicted molar refractivity (Wildman–Crippen MR) is 71.3 cm³/mol. The molecule has 2 rings (SSSR count). The minimum absolute atomic E-state index is 0.0574. The van der Waals surface area contributed by atoms with Gasteiger partial charge in [0.1, 0.15) is 5.82 Å². The lowest BCUT2D eigenvalue weighted by atomic mass is 9.97. The Morgan fingerprint density at radius 2 is 2.33 bits per heavy atom. The van der Waals surface area contributed by atoms with Crippen molar-refractivity contribution in [3.63, 3.8) is 0 Å². The van der Waals surface area contributed by atoms with E-state index >= 15 is 0 Å². The predicted octanol–water partition coefficient (Wildman–Crippen LogP) is 2.29. The van der Waals surface area contributed by atoms with E-state index in [4.69, 9.17) is 5.73 Å². The van der Waals surface area contributed by atoms with Crippen LogP contribution in [0.3, 0.4) is 0 Å². The van der Waals surface area contributed by atoms with E-state index in [1.165, 1.54) is 12.1 Å². The number of benzene rings is 1. The molecule has 1 saturated heterocycles. The lowest BCUT2D eigenvalue weighted by molar-refractivity contribution is -0.123. The third kappa shape index (κ3) is 3.29. The molecule has 98 valence electrons. The highest BCUT2D eigenvalue weighted by atomic mass is 79.9. The Labute approximate surface area is 114 Å². The molecular formula is C13H16BrFN2O. The number of primary amides is 1. The normalized spacial score (nSPS) is 20.9. The topological polar surface area (TPSA) is 46.3 Å². The number of likely N-dealkylation sites (tertiary alicyclic amines) is 1. The van der Waals surface area contributed by atoms with Crippen LogP contribution in [0.4, 0.5) is 4.39 Å². The fourth-order valence-electron chi connectivity index (χ4n) is 2.32. The van der Waals surface area contributed by atoms with Crippen LogP contribution in [-0.4, -0.2) is 23.9 Å². The molecule has 0 bridgehead atoms. The highest BCUT2D eigenvalue weighted by Crippen LogP contribution is 2.23. The van der Waals surface area contributed by atoms with Gasteiger partial charge in [0, 0.05) is 17.6 Å². The Hall–Kier alpha value is -0.940. The number of nitrogens with two attached hydrogens (primary N) is 1. The van der Waals surface area contributed by atoms with E-state index in [1.807, 2.05) is 0 Å². The summed E-state index contributed by atoms with van der Waals surface area (Å²) in [4.78, 5) is 13.4. The number of hydrogen-bond donors (Lipinski definition) is 1. The fraction of sp³-hybridized carbons (Fsp3) is 0.462. The van der Waals surface area contributed by atoms with Crippen molar-refractivity contribution in [1.29, 1.82) is 0 Å². The lowest BCUT2D eigenvalue weighted by Crippen LogP contribution is -2.40. The van der Waals surface area contributed by atoms with Gasteiger partial charge in [-0.1, -0.05) is 22.0 Å². The zero-order chi connectivity index (χ0) is 13.1. The molecule has 2 N–H and O–H groups in total. The van der Waals surface area contributed by atoms with E-state index in [1.54, 1.807) is 6.07 Å². The third-order valence-electron chi connectivity index (χ3n) is 3.32. The van der Waals surface area contributed by atoms with Gasteiger partial charge in [-0.05, 0) is 37.1 Å². The molecule has 1 aromatic carbocycles. The molecule has 3 nitrogen and oxygen atoms in total. The minimum atomic E-state index is -0.251. The molecule has 0 aliphatic carbocycles. The number of halogens is 2. The van der Waals surface area contributed by atoms with Crippen LogP contribution in [0, 0.1) is 11.7 Å². The number of carbonyl (C=O) groups is 1. The molecule has 1 heterocycles. The standard InChI is InChI=1S/C13H16BrFN2O/c14-12-6-11(15)4-3-9(12)7-17-5-1-2-10(8-17)13(16)18/h3-4,6,10H,1-2,5,7-8H2,(H2,16,18). The van der Waals surface area contributed by atoms with Gasteiger partial charge in [0.25, 0.3) is 0 Å². The average Bonchev–Trinajstić information content (AvgIpc) is 2.33. The van der Waals surface area contributed by atoms with Crippen LogP contribution < -0.4 is 5.73 Å². The van der Waals surface area contributed by atoms with Crippen molar-refractivity contribution in [2.75, 3.05) is 13.1 Å². The van der Waals surface area contributed by atoms with Crippen molar-refractivity contribution in [3.05, 3.63) is 34.1 Å². The maximum atomic E-state index is 13.0. The highest BCUT2D eigenvalue weighted by molar-refractivity contribution is 9.10. The Kier molecular flexibility index (Phi) is 4.35. The molecule has 1 unspecified atom stereocenters. The van der Waals surface area contributed by atoms with Crippen molar-refractivity contribution in [2.45, 2.75) is 19.4 Å². The first kappa shape index (κ1) is 13.5. The summed E-state index contributed by atoms with van der Waals surface area (Å²) >= 11 is 3.36. The van der Waals surface area contributed by atoms with Gasteiger partial charge in [-0.15, -0.1) is 0 Å². The summed E-state index contributed by atoms with van der Waals surface area (Å²) in [5.74, 6) is -0.532. The molecule has 0 saturated carbocycles. The Balaban J connectivity index is 2.02. The number of amides is 1. The van der Waals surface area contributed by atoms with Crippen molar-refractivity contribution >= 4 is 21.8 Å². The smallest absolute Gasteiger partial charge is 0.221 e. The van der Waals surface area contributed by atoms with E-state index in [-0.39, 0.29) is 17.6 Å². The molecule has 0 aromatic heterocycles. The van der Waals surface area contributed by atoms with Gasteiger partial charge in [-0.2, -0.15) is 0 Å². The quantitative estimate of drug-likeness (QED) is 0.930. The van der Waals surface area contributed by atoms with Gasteiger partial charge >= 0.3 is 0 Å². The number of carbonyl (C=O) groups excluding carboxylic acids is 1. The summed E-state index contributed by atoms with van der Waals surface area (Å²) in [6.45, 7) is 2.36. The second kappa shape index (κ2) is 5.80. The van der Waals surface area contributed by atoms with Crippen LogP contribution in [0.5, 0.6) is 0 Å². The molecule has 5 heteroatoms. The van der Waals surface area contributed by atoms with Gasteiger partial charge in [-0.3, -0.25) is 9.69 Å². The summed E-state index contributed by atoms with van der Waals surface area (Å²) in [6.07, 6.45) is 1.85. The van der Waals surface area contributed by atoms with Crippen LogP contribution in [0.1, 0.15) is 18.4 Å². The van der Waals surface area contributed by atoms with Gasteiger partial charge < -0.3 is 5.73 Å². The summed E-state index contributed by atoms with van der Waals surface area (Å²) in [5, 5.41) is 0. The molecule has 1 amide bonds. The molecule has 0 spiro atoms. The summed E-state index contributed by atoms with van der Waals surface area (Å²) in [6, 6.07) is 4.69. The second-order valence-corrected chi connectivity index (χ2v) is 5.57. The monoisotopic (exact) mass is 314 g/mol. The average molecular weight is 315 g/mol. The molecular weight excluding hydrogens is 299 g/mol. The maximum absolute atomic E-state index is 13.0. The zero-order valence-corrected chi connectivity index (χ0v) is 11.6. The van der Waals surface area contributed by atoms with E-state index in [9.17, 15) is 9.18 Å². The molecule has 1 aliphatic heterocycles. The molecule has 1 aromatic rings.